The van der Waals surface area contributed by atoms with Crippen LogP contribution in [0.15, 0.2) is 12.2 Å². The normalized spacial score (nSPS) is 11.3. The van der Waals surface area contributed by atoms with Crippen molar-refractivity contribution in [2.45, 2.75) is 46.2 Å². The molecule has 0 amide bonds. The smallest absolute Gasteiger partial charge is 0.341 e. The van der Waals surface area contributed by atoms with Gasteiger partial charge >= 0.3 is 14.5 Å². The third-order valence-corrected chi connectivity index (χ3v) is 6.37. The van der Waals surface area contributed by atoms with E-state index in [0.29, 0.717) is 31.4 Å². The second-order valence-electron chi connectivity index (χ2n) is 4.19. The van der Waals surface area contributed by atoms with Gasteiger partial charge in [0.25, 0.3) is 0 Å². The quantitative estimate of drug-likeness (QED) is 0.349. The highest BCUT2D eigenvalue weighted by atomic mass is 28.4. The minimum atomic E-state index is -2.20. The molecule has 0 N–H and O–H groups in total. The molecule has 0 aliphatic rings. The molecule has 4 nitrogen and oxygen atoms in total. The Bertz CT molecular complexity index is 249. The standard InChI is InChI=1S/C13H26O4Si/c1-6-10-18(16-7-2,17-8-3)11-9-15-13(14)12(4)5/h4,6-11H2,1-3,5H3. The van der Waals surface area contributed by atoms with Gasteiger partial charge in [0.15, 0.2) is 0 Å². The third-order valence-electron chi connectivity index (χ3n) is 2.51. The molecule has 0 radical (unpaired) electrons. The Morgan fingerprint density at radius 2 is 1.67 bits per heavy atom. The van der Waals surface area contributed by atoms with Gasteiger partial charge in [-0.05, 0) is 26.8 Å². The summed E-state index contributed by atoms with van der Waals surface area (Å²) in [6.45, 7) is 12.9. The van der Waals surface area contributed by atoms with Crippen LogP contribution in [0.5, 0.6) is 0 Å². The van der Waals surface area contributed by atoms with Crippen molar-refractivity contribution in [3.05, 3.63) is 12.2 Å². The molecule has 0 atom stereocenters. The average molecular weight is 274 g/mol. The zero-order valence-electron chi connectivity index (χ0n) is 12.1. The van der Waals surface area contributed by atoms with E-state index in [4.69, 9.17) is 13.6 Å². The Morgan fingerprint density at radius 1 is 1.11 bits per heavy atom. The molecule has 0 aromatic carbocycles. The molecule has 18 heavy (non-hydrogen) atoms. The summed E-state index contributed by atoms with van der Waals surface area (Å²) in [5, 5.41) is 0. The van der Waals surface area contributed by atoms with Crippen LogP contribution in [0.4, 0.5) is 0 Å². The van der Waals surface area contributed by atoms with Crippen LogP contribution in [-0.4, -0.2) is 34.4 Å². The third kappa shape index (κ3) is 6.33. The fourth-order valence-electron chi connectivity index (χ4n) is 1.78. The van der Waals surface area contributed by atoms with Crippen LogP contribution in [0, 0.1) is 0 Å². The van der Waals surface area contributed by atoms with Gasteiger partial charge in [-0.25, -0.2) is 4.79 Å². The lowest BCUT2D eigenvalue weighted by Crippen LogP contribution is -2.43. The molecule has 0 heterocycles. The van der Waals surface area contributed by atoms with E-state index in [2.05, 4.69) is 13.5 Å². The van der Waals surface area contributed by atoms with Gasteiger partial charge in [0.05, 0.1) is 6.61 Å². The van der Waals surface area contributed by atoms with Crippen molar-refractivity contribution in [2.75, 3.05) is 19.8 Å². The lowest BCUT2D eigenvalue weighted by molar-refractivity contribution is -0.138. The molecule has 5 heteroatoms. The highest BCUT2D eigenvalue weighted by Crippen LogP contribution is 2.21. The van der Waals surface area contributed by atoms with Crippen LogP contribution in [0.1, 0.15) is 34.1 Å². The van der Waals surface area contributed by atoms with E-state index in [1.807, 2.05) is 13.8 Å². The number of hydrogen-bond acceptors (Lipinski definition) is 4. The first kappa shape index (κ1) is 17.3. The molecule has 106 valence electrons. The second kappa shape index (κ2) is 9.30. The molecule has 0 saturated heterocycles. The molecule has 0 saturated carbocycles. The van der Waals surface area contributed by atoms with E-state index >= 15 is 0 Å². The van der Waals surface area contributed by atoms with E-state index < -0.39 is 8.56 Å². The maximum atomic E-state index is 11.3. The number of carbonyl (C=O) groups is 1. The van der Waals surface area contributed by atoms with E-state index in [1.165, 1.54) is 0 Å². The highest BCUT2D eigenvalue weighted by molar-refractivity contribution is 6.67. The minimum absolute atomic E-state index is 0.345. The van der Waals surface area contributed by atoms with Crippen molar-refractivity contribution in [3.63, 3.8) is 0 Å². The summed E-state index contributed by atoms with van der Waals surface area (Å²) in [4.78, 5) is 11.3. The Kier molecular flexibility index (Phi) is 8.96. The molecular formula is C13H26O4Si. The van der Waals surface area contributed by atoms with Crippen LogP contribution in [0.2, 0.25) is 12.1 Å². The zero-order valence-corrected chi connectivity index (χ0v) is 13.1. The lowest BCUT2D eigenvalue weighted by atomic mass is 10.4. The van der Waals surface area contributed by atoms with Gasteiger partial charge in [-0.2, -0.15) is 0 Å². The summed E-state index contributed by atoms with van der Waals surface area (Å²) in [5.41, 5.74) is 0.422. The number of ether oxygens (including phenoxy) is 1. The first-order valence-corrected chi connectivity index (χ1v) is 8.85. The van der Waals surface area contributed by atoms with Crippen LogP contribution in [-0.2, 0) is 18.4 Å². The summed E-state index contributed by atoms with van der Waals surface area (Å²) in [5.74, 6) is -0.345. The zero-order chi connectivity index (χ0) is 14.0. The first-order valence-electron chi connectivity index (χ1n) is 6.61. The predicted octanol–water partition coefficient (Wildman–Crippen LogP) is 3.03. The number of hydrogen-bond donors (Lipinski definition) is 0. The molecule has 0 aliphatic carbocycles. The molecule has 0 fully saturated rings. The number of esters is 1. The first-order chi connectivity index (χ1) is 8.51. The Balaban J connectivity index is 4.37. The monoisotopic (exact) mass is 274 g/mol. The average Bonchev–Trinajstić information content (AvgIpc) is 2.29. The summed E-state index contributed by atoms with van der Waals surface area (Å²) < 4.78 is 16.8. The molecule has 0 bridgehead atoms. The summed E-state index contributed by atoms with van der Waals surface area (Å²) in [7, 11) is -2.20. The van der Waals surface area contributed by atoms with Crippen LogP contribution in [0.3, 0.4) is 0 Å². The maximum absolute atomic E-state index is 11.3. The van der Waals surface area contributed by atoms with Gasteiger partial charge in [-0.3, -0.25) is 0 Å². The van der Waals surface area contributed by atoms with Crippen molar-refractivity contribution >= 4 is 14.5 Å². The van der Waals surface area contributed by atoms with Gasteiger partial charge in [0.1, 0.15) is 0 Å². The largest absolute Gasteiger partial charge is 0.462 e. The van der Waals surface area contributed by atoms with Crippen LogP contribution in [0.25, 0.3) is 0 Å². The fourth-order valence-corrected chi connectivity index (χ4v) is 4.92. The van der Waals surface area contributed by atoms with Crippen molar-refractivity contribution in [1.29, 1.82) is 0 Å². The van der Waals surface area contributed by atoms with Crippen molar-refractivity contribution in [1.82, 2.24) is 0 Å². The van der Waals surface area contributed by atoms with E-state index in [9.17, 15) is 4.79 Å². The highest BCUT2D eigenvalue weighted by Gasteiger charge is 2.36. The summed E-state index contributed by atoms with van der Waals surface area (Å²) in [6.07, 6.45) is 1.01. The van der Waals surface area contributed by atoms with E-state index in [0.717, 1.165) is 12.5 Å². The topological polar surface area (TPSA) is 44.8 Å². The SMILES string of the molecule is C=C(C)C(=O)OCC[Si](CCC)(OCC)OCC. The molecule has 0 rings (SSSR count). The predicted molar refractivity (Wildman–Crippen MR) is 74.7 cm³/mol. The van der Waals surface area contributed by atoms with Gasteiger partial charge in [0.2, 0.25) is 0 Å². The molecule has 0 aliphatic heterocycles. The molecular weight excluding hydrogens is 248 g/mol. The Morgan fingerprint density at radius 3 is 2.06 bits per heavy atom. The minimum Gasteiger partial charge on any atom is -0.462 e. The number of rotatable bonds is 10. The van der Waals surface area contributed by atoms with Crippen molar-refractivity contribution < 1.29 is 18.4 Å². The van der Waals surface area contributed by atoms with Gasteiger partial charge in [-0.15, -0.1) is 0 Å². The van der Waals surface area contributed by atoms with Crippen LogP contribution >= 0.6 is 0 Å². The number of carbonyl (C=O) groups excluding carboxylic acids is 1. The summed E-state index contributed by atoms with van der Waals surface area (Å²) >= 11 is 0. The van der Waals surface area contributed by atoms with E-state index in [-0.39, 0.29) is 5.97 Å². The van der Waals surface area contributed by atoms with E-state index in [1.54, 1.807) is 6.92 Å². The van der Waals surface area contributed by atoms with Crippen molar-refractivity contribution in [2.24, 2.45) is 0 Å². The van der Waals surface area contributed by atoms with Crippen molar-refractivity contribution in [3.8, 4) is 0 Å². The maximum Gasteiger partial charge on any atom is 0.341 e. The van der Waals surface area contributed by atoms with Crippen LogP contribution < -0.4 is 0 Å². The Labute approximate surface area is 112 Å². The molecule has 0 aromatic heterocycles. The second-order valence-corrected chi connectivity index (χ2v) is 7.59. The molecule has 0 aromatic rings. The fraction of sp³-hybridized carbons (Fsp3) is 0.769. The van der Waals surface area contributed by atoms with Gasteiger partial charge in [0, 0.05) is 24.8 Å². The Hall–Kier alpha value is -0.653. The van der Waals surface area contributed by atoms with Gasteiger partial charge < -0.3 is 13.6 Å². The molecule has 0 spiro atoms. The lowest BCUT2D eigenvalue weighted by Gasteiger charge is -2.29. The van der Waals surface area contributed by atoms with Gasteiger partial charge in [-0.1, -0.05) is 19.9 Å². The summed E-state index contributed by atoms with van der Waals surface area (Å²) in [6, 6.07) is 1.61. The molecule has 0 unspecified atom stereocenters.